The number of halogens is 4. The molecule has 1 spiro atoms. The zero-order valence-corrected chi connectivity index (χ0v) is 16.2. The molecule has 0 aliphatic carbocycles. The van der Waals surface area contributed by atoms with Gasteiger partial charge in [-0.25, -0.2) is 0 Å². The van der Waals surface area contributed by atoms with Gasteiger partial charge in [0.2, 0.25) is 0 Å². The van der Waals surface area contributed by atoms with Crippen LogP contribution in [0, 0.1) is 0 Å². The number of aryl methyl sites for hydroxylation is 1. The van der Waals surface area contributed by atoms with Crippen LogP contribution in [0.1, 0.15) is 46.1 Å². The molecule has 3 atom stereocenters. The lowest BCUT2D eigenvalue weighted by molar-refractivity contribution is -0.201. The molecule has 2 aromatic heterocycles. The summed E-state index contributed by atoms with van der Waals surface area (Å²) in [6.07, 6.45) is -3.29. The molecule has 11 heteroatoms. The molecule has 0 saturated carbocycles. The standard InChI is InChI=1S/C17H18ClF3N4O2S/c1-9-6-16(14-10(3-4-27-16)5-13(18)28-14)7-12(11-8-24(2)23-22-11)25(9)15(26)17(19,20)21/h5,8-9,12H,3-4,6-7H2,1-2H3/t9-,12-,16-/m0/s1/i2D3. The lowest BCUT2D eigenvalue weighted by atomic mass is 9.77. The van der Waals surface area contributed by atoms with E-state index < -0.39 is 36.7 Å². The second kappa shape index (κ2) is 6.70. The Labute approximate surface area is 172 Å². The molecule has 2 aliphatic heterocycles. The Kier molecular flexibility index (Phi) is 3.87. The highest BCUT2D eigenvalue weighted by Crippen LogP contribution is 2.53. The van der Waals surface area contributed by atoms with Gasteiger partial charge < -0.3 is 9.64 Å². The number of hydrogen-bond donors (Lipinski definition) is 0. The molecule has 4 rings (SSSR count). The molecule has 2 aliphatic rings. The number of thiophene rings is 1. The average Bonchev–Trinajstić information content (AvgIpc) is 3.27. The van der Waals surface area contributed by atoms with E-state index in [4.69, 9.17) is 20.5 Å². The van der Waals surface area contributed by atoms with Crippen LogP contribution in [0.4, 0.5) is 13.2 Å². The fourth-order valence-electron chi connectivity index (χ4n) is 4.23. The highest BCUT2D eigenvalue weighted by molar-refractivity contribution is 7.16. The van der Waals surface area contributed by atoms with Crippen LogP contribution in [0.25, 0.3) is 0 Å². The summed E-state index contributed by atoms with van der Waals surface area (Å²) >= 11 is 7.50. The number of carbonyl (C=O) groups is 1. The van der Waals surface area contributed by atoms with Gasteiger partial charge in [0.15, 0.2) is 0 Å². The highest BCUT2D eigenvalue weighted by Gasteiger charge is 2.55. The minimum absolute atomic E-state index is 0.0251. The number of ether oxygens (including phenoxy) is 1. The molecule has 0 unspecified atom stereocenters. The number of amides is 1. The maximum absolute atomic E-state index is 13.4. The number of rotatable bonds is 1. The van der Waals surface area contributed by atoms with Gasteiger partial charge in [-0.05, 0) is 25.0 Å². The summed E-state index contributed by atoms with van der Waals surface area (Å²) in [5.74, 6) is -2.01. The monoisotopic (exact) mass is 437 g/mol. The predicted molar refractivity (Wildman–Crippen MR) is 96.0 cm³/mol. The second-order valence-corrected chi connectivity index (χ2v) is 8.75. The van der Waals surface area contributed by atoms with E-state index in [0.29, 0.717) is 26.9 Å². The molecular formula is C17H18ClF3N4O2S. The van der Waals surface area contributed by atoms with Gasteiger partial charge in [-0.2, -0.15) is 13.2 Å². The quantitative estimate of drug-likeness (QED) is 0.683. The molecule has 1 amide bonds. The largest absolute Gasteiger partial charge is 0.471 e. The van der Waals surface area contributed by atoms with Gasteiger partial charge in [0.25, 0.3) is 0 Å². The molecule has 4 heterocycles. The van der Waals surface area contributed by atoms with E-state index >= 15 is 0 Å². The van der Waals surface area contributed by atoms with Gasteiger partial charge in [-0.1, -0.05) is 16.8 Å². The van der Waals surface area contributed by atoms with Gasteiger partial charge in [0.1, 0.15) is 11.3 Å². The van der Waals surface area contributed by atoms with Crippen molar-refractivity contribution in [2.24, 2.45) is 6.98 Å². The third kappa shape index (κ3) is 3.21. The van der Waals surface area contributed by atoms with Crippen molar-refractivity contribution in [2.45, 2.75) is 50.0 Å². The summed E-state index contributed by atoms with van der Waals surface area (Å²) in [4.78, 5) is 13.9. The number of likely N-dealkylation sites (tertiary alicyclic amines) is 1. The number of nitrogens with zero attached hydrogens (tertiary/aromatic N) is 4. The van der Waals surface area contributed by atoms with E-state index in [1.165, 1.54) is 18.3 Å². The van der Waals surface area contributed by atoms with Crippen LogP contribution in [0.3, 0.4) is 0 Å². The molecule has 0 aromatic carbocycles. The number of alkyl halides is 3. The van der Waals surface area contributed by atoms with Crippen molar-refractivity contribution in [3.63, 3.8) is 0 Å². The lowest BCUT2D eigenvalue weighted by Crippen LogP contribution is -2.56. The first kappa shape index (κ1) is 16.2. The number of aromatic nitrogens is 3. The Morgan fingerprint density at radius 2 is 2.29 bits per heavy atom. The zero-order chi connectivity index (χ0) is 22.8. The Balaban J connectivity index is 1.80. The van der Waals surface area contributed by atoms with Crippen molar-refractivity contribution >= 4 is 28.8 Å². The SMILES string of the molecule is [2H]C([2H])([2H])n1cc([C@@H]2C[C@]3(C[C@H](C)N2C(=O)C(F)(F)F)OCCc2cc(Cl)sc23)nn1. The zero-order valence-electron chi connectivity index (χ0n) is 17.7. The first-order valence-electron chi connectivity index (χ1n) is 10.1. The van der Waals surface area contributed by atoms with Crippen LogP contribution in [0.15, 0.2) is 12.3 Å². The van der Waals surface area contributed by atoms with Crippen LogP contribution in [-0.4, -0.2) is 44.6 Å². The lowest BCUT2D eigenvalue weighted by Gasteiger charge is -2.50. The normalized spacial score (nSPS) is 29.9. The average molecular weight is 438 g/mol. The number of carbonyl (C=O) groups excluding carboxylic acids is 1. The van der Waals surface area contributed by atoms with Crippen molar-refractivity contribution in [1.29, 1.82) is 0 Å². The van der Waals surface area contributed by atoms with Crippen LogP contribution in [-0.2, 0) is 28.5 Å². The maximum atomic E-state index is 13.4. The predicted octanol–water partition coefficient (Wildman–Crippen LogP) is 3.61. The molecule has 0 N–H and O–H groups in total. The van der Waals surface area contributed by atoms with E-state index in [0.717, 1.165) is 16.6 Å². The Hall–Kier alpha value is -1.65. The summed E-state index contributed by atoms with van der Waals surface area (Å²) in [6.45, 7) is -0.787. The van der Waals surface area contributed by atoms with Crippen molar-refractivity contribution < 1.29 is 26.8 Å². The highest BCUT2D eigenvalue weighted by atomic mass is 35.5. The van der Waals surface area contributed by atoms with E-state index in [1.807, 2.05) is 6.07 Å². The molecule has 1 saturated heterocycles. The molecule has 152 valence electrons. The molecular weight excluding hydrogens is 417 g/mol. The first-order valence-corrected chi connectivity index (χ1v) is 9.76. The van der Waals surface area contributed by atoms with Gasteiger partial charge in [-0.3, -0.25) is 9.48 Å². The fourth-order valence-corrected chi connectivity index (χ4v) is 5.70. The number of fused-ring (bicyclic) bond motifs is 2. The third-order valence-corrected chi connectivity index (χ3v) is 6.72. The van der Waals surface area contributed by atoms with Crippen molar-refractivity contribution in [1.82, 2.24) is 19.9 Å². The summed E-state index contributed by atoms with van der Waals surface area (Å²) in [7, 11) is 0. The number of hydrogen-bond acceptors (Lipinski definition) is 5. The van der Waals surface area contributed by atoms with Crippen molar-refractivity contribution in [3.8, 4) is 0 Å². The van der Waals surface area contributed by atoms with E-state index in [9.17, 15) is 18.0 Å². The molecule has 0 radical (unpaired) electrons. The van der Waals surface area contributed by atoms with E-state index in [1.54, 1.807) is 0 Å². The van der Waals surface area contributed by atoms with E-state index in [-0.39, 0.29) is 18.5 Å². The summed E-state index contributed by atoms with van der Waals surface area (Å²) < 4.78 is 69.8. The smallest absolute Gasteiger partial charge is 0.369 e. The minimum Gasteiger partial charge on any atom is -0.369 e. The molecule has 28 heavy (non-hydrogen) atoms. The topological polar surface area (TPSA) is 60.2 Å². The maximum Gasteiger partial charge on any atom is 0.471 e. The van der Waals surface area contributed by atoms with Crippen LogP contribution in [0.2, 0.25) is 4.34 Å². The summed E-state index contributed by atoms with van der Waals surface area (Å²) in [5.41, 5.74) is -0.0336. The second-order valence-electron chi connectivity index (χ2n) is 7.07. The van der Waals surface area contributed by atoms with Gasteiger partial charge in [0.05, 0.1) is 23.2 Å². The van der Waals surface area contributed by atoms with Crippen molar-refractivity contribution in [3.05, 3.63) is 32.7 Å². The Morgan fingerprint density at radius 1 is 1.50 bits per heavy atom. The first-order chi connectivity index (χ1) is 14.3. The third-order valence-electron chi connectivity index (χ3n) is 5.23. The van der Waals surface area contributed by atoms with Gasteiger partial charge in [-0.15, -0.1) is 16.4 Å². The Bertz CT molecular complexity index is 1010. The van der Waals surface area contributed by atoms with Gasteiger partial charge >= 0.3 is 12.1 Å². The Morgan fingerprint density at radius 3 is 2.96 bits per heavy atom. The van der Waals surface area contributed by atoms with E-state index in [2.05, 4.69) is 10.3 Å². The van der Waals surface area contributed by atoms with Crippen LogP contribution >= 0.6 is 22.9 Å². The van der Waals surface area contributed by atoms with Gasteiger partial charge in [0, 0.05) is 34.8 Å². The minimum atomic E-state index is -5.10. The van der Waals surface area contributed by atoms with Crippen LogP contribution < -0.4 is 0 Å². The molecule has 1 fully saturated rings. The molecule has 0 bridgehead atoms. The molecule has 2 aromatic rings. The molecule has 6 nitrogen and oxygen atoms in total. The van der Waals surface area contributed by atoms with Crippen LogP contribution in [0.5, 0.6) is 0 Å². The number of piperidine rings is 1. The van der Waals surface area contributed by atoms with Crippen molar-refractivity contribution in [2.75, 3.05) is 6.61 Å². The summed E-state index contributed by atoms with van der Waals surface area (Å²) in [5, 5.41) is 7.36. The summed E-state index contributed by atoms with van der Waals surface area (Å²) in [6, 6.07) is -0.220. The fraction of sp³-hybridized carbons (Fsp3) is 0.588.